The summed E-state index contributed by atoms with van der Waals surface area (Å²) < 4.78 is 23.6. The Balaban J connectivity index is 1.71. The molecule has 45 heavy (non-hydrogen) atoms. The van der Waals surface area contributed by atoms with Crippen LogP contribution in [-0.4, -0.2) is 62.2 Å². The molecule has 1 aliphatic heterocycles. The van der Waals surface area contributed by atoms with Crippen LogP contribution in [0.5, 0.6) is 11.5 Å². The van der Waals surface area contributed by atoms with Crippen molar-refractivity contribution in [3.63, 3.8) is 0 Å². The number of carbonyl (C=O) groups is 3. The minimum absolute atomic E-state index is 0.0891. The van der Waals surface area contributed by atoms with Gasteiger partial charge in [-0.15, -0.1) is 12.3 Å². The van der Waals surface area contributed by atoms with Gasteiger partial charge in [0.2, 0.25) is 11.8 Å². The minimum atomic E-state index is -1.08. The van der Waals surface area contributed by atoms with Gasteiger partial charge in [-0.25, -0.2) is 0 Å². The highest BCUT2D eigenvalue weighted by Crippen LogP contribution is 2.42. The van der Waals surface area contributed by atoms with E-state index in [2.05, 4.69) is 5.92 Å². The van der Waals surface area contributed by atoms with Gasteiger partial charge in [-0.2, -0.15) is 0 Å². The van der Waals surface area contributed by atoms with Crippen LogP contribution in [0.1, 0.15) is 55.2 Å². The number of terminal acetylenes is 1. The highest BCUT2D eigenvalue weighted by molar-refractivity contribution is 5.80. The molecule has 9 nitrogen and oxygen atoms in total. The van der Waals surface area contributed by atoms with E-state index in [9.17, 15) is 14.4 Å². The van der Waals surface area contributed by atoms with E-state index in [-0.39, 0.29) is 38.3 Å². The van der Waals surface area contributed by atoms with Crippen LogP contribution in [0, 0.1) is 12.3 Å². The van der Waals surface area contributed by atoms with E-state index in [4.69, 9.17) is 31.1 Å². The first kappa shape index (κ1) is 33.1. The summed E-state index contributed by atoms with van der Waals surface area (Å²) in [4.78, 5) is 38.8. The van der Waals surface area contributed by atoms with Crippen LogP contribution < -0.4 is 15.2 Å². The maximum atomic E-state index is 13.4. The Hall–Kier alpha value is -4.81. The molecule has 9 heteroatoms. The number of nitrogens with zero attached hydrogens (tertiary/aromatic N) is 1. The van der Waals surface area contributed by atoms with E-state index >= 15 is 0 Å². The van der Waals surface area contributed by atoms with Crippen LogP contribution in [0.15, 0.2) is 78.9 Å². The lowest BCUT2D eigenvalue weighted by Gasteiger charge is -2.38. The van der Waals surface area contributed by atoms with Crippen molar-refractivity contribution >= 4 is 17.8 Å². The molecule has 0 saturated carbocycles. The number of benzene rings is 3. The number of esters is 1. The van der Waals surface area contributed by atoms with E-state index in [0.29, 0.717) is 30.8 Å². The summed E-state index contributed by atoms with van der Waals surface area (Å²) in [7, 11) is 3.23. The Morgan fingerprint density at radius 2 is 1.44 bits per heavy atom. The summed E-state index contributed by atoms with van der Waals surface area (Å²) >= 11 is 0. The van der Waals surface area contributed by atoms with Crippen molar-refractivity contribution in [3.8, 4) is 23.8 Å². The number of hydrogen-bond donors (Lipinski definition) is 1. The average molecular weight is 613 g/mol. The van der Waals surface area contributed by atoms with Gasteiger partial charge in [-0.05, 0) is 47.4 Å². The SMILES string of the molecule is C#CCCCC(=O)N1C[C@H](OC(=O)CCC(N)=O)C[C@H]1COC(c1ccccc1)(c1ccc(OC)cc1)c1ccc(OC)cc1. The Labute approximate surface area is 264 Å². The third-order valence-electron chi connectivity index (χ3n) is 7.95. The topological polar surface area (TPSA) is 117 Å². The molecule has 1 aliphatic rings. The molecule has 236 valence electrons. The molecule has 0 bridgehead atoms. The number of unbranched alkanes of at least 4 members (excludes halogenated alkanes) is 1. The second kappa shape index (κ2) is 15.8. The van der Waals surface area contributed by atoms with Gasteiger partial charge in [-0.1, -0.05) is 54.6 Å². The Kier molecular flexibility index (Phi) is 11.6. The molecule has 0 aromatic heterocycles. The predicted molar refractivity (Wildman–Crippen MR) is 169 cm³/mol. The first-order valence-electron chi connectivity index (χ1n) is 15.0. The summed E-state index contributed by atoms with van der Waals surface area (Å²) in [6.07, 6.45) is 6.33. The zero-order chi connectivity index (χ0) is 32.2. The molecule has 2 atom stereocenters. The van der Waals surface area contributed by atoms with Crippen molar-refractivity contribution in [2.24, 2.45) is 5.73 Å². The predicted octanol–water partition coefficient (Wildman–Crippen LogP) is 4.59. The number of carbonyl (C=O) groups excluding carboxylic acids is 3. The van der Waals surface area contributed by atoms with Gasteiger partial charge in [0.05, 0.1) is 39.8 Å². The Bertz CT molecular complexity index is 1420. The largest absolute Gasteiger partial charge is 0.497 e. The van der Waals surface area contributed by atoms with Crippen molar-refractivity contribution in [2.45, 2.75) is 56.3 Å². The van der Waals surface area contributed by atoms with Crippen LogP contribution >= 0.6 is 0 Å². The molecule has 0 aliphatic carbocycles. The van der Waals surface area contributed by atoms with Gasteiger partial charge < -0.3 is 29.6 Å². The van der Waals surface area contributed by atoms with Crippen LogP contribution in [0.2, 0.25) is 0 Å². The molecule has 0 unspecified atom stereocenters. The fraction of sp³-hybridized carbons (Fsp3) is 0.361. The number of primary amides is 1. The summed E-state index contributed by atoms with van der Waals surface area (Å²) in [6, 6.07) is 24.9. The fourth-order valence-electron chi connectivity index (χ4n) is 5.67. The standard InChI is InChI=1S/C36H40N2O7/c1-4-5-7-12-34(40)38-24-32(45-35(41)22-21-33(37)39)23-29(38)25-44-36(26-10-8-6-9-11-26,27-13-17-30(42-2)18-14-27)28-15-19-31(43-3)20-16-28/h1,6,8-11,13-20,29,32H,5,7,12,21-25H2,2-3H3,(H2,37,39)/t29-,32+/m0/s1. The smallest absolute Gasteiger partial charge is 0.306 e. The maximum absolute atomic E-state index is 13.4. The number of rotatable bonds is 15. The van der Waals surface area contributed by atoms with Gasteiger partial charge in [0.1, 0.15) is 23.2 Å². The molecule has 2 N–H and O–H groups in total. The molecule has 0 radical (unpaired) electrons. The molecule has 3 aromatic carbocycles. The normalized spacial score (nSPS) is 16.1. The summed E-state index contributed by atoms with van der Waals surface area (Å²) in [5.74, 6) is 2.79. The van der Waals surface area contributed by atoms with Crippen molar-refractivity contribution in [1.29, 1.82) is 0 Å². The number of nitrogens with two attached hydrogens (primary N) is 1. The van der Waals surface area contributed by atoms with Gasteiger partial charge in [0, 0.05) is 25.7 Å². The molecular weight excluding hydrogens is 572 g/mol. The van der Waals surface area contributed by atoms with E-state index < -0.39 is 29.6 Å². The maximum Gasteiger partial charge on any atom is 0.306 e. The third-order valence-corrected chi connectivity index (χ3v) is 7.95. The third kappa shape index (κ3) is 8.22. The molecular formula is C36H40N2O7. The summed E-state index contributed by atoms with van der Waals surface area (Å²) in [6.45, 7) is 0.359. The number of likely N-dealkylation sites (tertiary alicyclic amines) is 1. The quantitative estimate of drug-likeness (QED) is 0.115. The number of ether oxygens (including phenoxy) is 4. The fourth-order valence-corrected chi connectivity index (χ4v) is 5.67. The molecule has 0 spiro atoms. The minimum Gasteiger partial charge on any atom is -0.497 e. The summed E-state index contributed by atoms with van der Waals surface area (Å²) in [5.41, 5.74) is 6.74. The zero-order valence-electron chi connectivity index (χ0n) is 25.8. The van der Waals surface area contributed by atoms with Gasteiger partial charge in [0.15, 0.2) is 0 Å². The van der Waals surface area contributed by atoms with Crippen LogP contribution in [0.4, 0.5) is 0 Å². The lowest BCUT2D eigenvalue weighted by Crippen LogP contribution is -2.42. The van der Waals surface area contributed by atoms with Gasteiger partial charge >= 0.3 is 5.97 Å². The van der Waals surface area contributed by atoms with Crippen LogP contribution in [0.3, 0.4) is 0 Å². The highest BCUT2D eigenvalue weighted by atomic mass is 16.5. The van der Waals surface area contributed by atoms with E-state index in [1.54, 1.807) is 19.1 Å². The lowest BCUT2D eigenvalue weighted by atomic mass is 9.80. The monoisotopic (exact) mass is 612 g/mol. The summed E-state index contributed by atoms with van der Waals surface area (Å²) in [5, 5.41) is 0. The lowest BCUT2D eigenvalue weighted by molar-refractivity contribution is -0.150. The molecule has 2 amide bonds. The van der Waals surface area contributed by atoms with E-state index in [0.717, 1.165) is 16.7 Å². The van der Waals surface area contributed by atoms with Crippen molar-refractivity contribution in [1.82, 2.24) is 4.90 Å². The molecule has 3 aromatic rings. The number of amides is 2. The van der Waals surface area contributed by atoms with Crippen LogP contribution in [-0.2, 0) is 29.5 Å². The first-order valence-corrected chi connectivity index (χ1v) is 15.0. The van der Waals surface area contributed by atoms with E-state index in [1.165, 1.54) is 0 Å². The Morgan fingerprint density at radius 3 is 1.98 bits per heavy atom. The van der Waals surface area contributed by atoms with Gasteiger partial charge in [0.25, 0.3) is 0 Å². The first-order chi connectivity index (χ1) is 21.8. The number of hydrogen-bond acceptors (Lipinski definition) is 7. The van der Waals surface area contributed by atoms with Crippen molar-refractivity contribution < 1.29 is 33.3 Å². The number of methoxy groups -OCH3 is 2. The molecule has 1 heterocycles. The van der Waals surface area contributed by atoms with Crippen molar-refractivity contribution in [3.05, 3.63) is 95.6 Å². The molecule has 4 rings (SSSR count). The average Bonchev–Trinajstić information content (AvgIpc) is 3.47. The molecule has 1 fully saturated rings. The molecule has 1 saturated heterocycles. The Morgan fingerprint density at radius 1 is 0.867 bits per heavy atom. The van der Waals surface area contributed by atoms with Crippen LogP contribution in [0.25, 0.3) is 0 Å². The van der Waals surface area contributed by atoms with Gasteiger partial charge in [-0.3, -0.25) is 14.4 Å². The van der Waals surface area contributed by atoms with Crippen molar-refractivity contribution in [2.75, 3.05) is 27.4 Å². The van der Waals surface area contributed by atoms with E-state index in [1.807, 2.05) is 78.9 Å². The zero-order valence-corrected chi connectivity index (χ0v) is 25.8. The second-order valence-electron chi connectivity index (χ2n) is 10.9. The second-order valence-corrected chi connectivity index (χ2v) is 10.9. The highest BCUT2D eigenvalue weighted by Gasteiger charge is 2.42.